The molecule has 1 heterocycles. The molecule has 1 aliphatic carbocycles. The Balaban J connectivity index is 1.32. The van der Waals surface area contributed by atoms with Gasteiger partial charge < -0.3 is 20.5 Å². The van der Waals surface area contributed by atoms with Crippen molar-refractivity contribution in [1.82, 2.24) is 4.90 Å². The molecule has 1 aliphatic heterocycles. The van der Waals surface area contributed by atoms with Gasteiger partial charge in [-0.15, -0.1) is 0 Å². The highest BCUT2D eigenvalue weighted by Gasteiger charge is 2.41. The second kappa shape index (κ2) is 8.56. The van der Waals surface area contributed by atoms with Crippen LogP contribution in [0.3, 0.4) is 0 Å². The highest BCUT2D eigenvalue weighted by Crippen LogP contribution is 2.44. The van der Waals surface area contributed by atoms with E-state index in [9.17, 15) is 14.7 Å². The number of carbonyl (C=O) groups is 2. The Bertz CT molecular complexity index is 1200. The average molecular weight is 507 g/mol. The molecule has 3 aromatic rings. The minimum atomic E-state index is -0.935. The summed E-state index contributed by atoms with van der Waals surface area (Å²) >= 11 is 3.37. The van der Waals surface area contributed by atoms with E-state index in [2.05, 4.69) is 40.2 Å². The summed E-state index contributed by atoms with van der Waals surface area (Å²) in [5.74, 6) is -2.04. The molecule has 7 heteroatoms. The van der Waals surface area contributed by atoms with E-state index in [1.54, 1.807) is 12.1 Å². The van der Waals surface area contributed by atoms with Crippen LogP contribution in [0.2, 0.25) is 0 Å². The van der Waals surface area contributed by atoms with Gasteiger partial charge in [-0.1, -0.05) is 54.6 Å². The van der Waals surface area contributed by atoms with Gasteiger partial charge in [0.1, 0.15) is 6.61 Å². The van der Waals surface area contributed by atoms with Gasteiger partial charge in [0.05, 0.1) is 5.92 Å². The summed E-state index contributed by atoms with van der Waals surface area (Å²) in [7, 11) is 0. The Morgan fingerprint density at radius 2 is 1.64 bits per heavy atom. The molecule has 0 saturated carbocycles. The minimum absolute atomic E-state index is 0.0405. The van der Waals surface area contributed by atoms with Crippen LogP contribution in [0.1, 0.15) is 28.5 Å². The summed E-state index contributed by atoms with van der Waals surface area (Å²) < 4.78 is 6.49. The number of carboxylic acids is 1. The zero-order valence-electron chi connectivity index (χ0n) is 17.8. The second-order valence-corrected chi connectivity index (χ2v) is 9.40. The summed E-state index contributed by atoms with van der Waals surface area (Å²) in [4.78, 5) is 26.4. The molecule has 3 aromatic carbocycles. The van der Waals surface area contributed by atoms with Crippen molar-refractivity contribution in [3.8, 4) is 11.1 Å². The summed E-state index contributed by atoms with van der Waals surface area (Å²) in [6.07, 6.45) is -0.490. The molecule has 1 amide bonds. The molecule has 33 heavy (non-hydrogen) atoms. The highest BCUT2D eigenvalue weighted by atomic mass is 79.9. The number of halogens is 1. The zero-order chi connectivity index (χ0) is 23.1. The number of likely N-dealkylation sites (tertiary alicyclic amines) is 1. The fraction of sp³-hybridized carbons (Fsp3) is 0.231. The summed E-state index contributed by atoms with van der Waals surface area (Å²) in [5, 5.41) is 9.77. The summed E-state index contributed by atoms with van der Waals surface area (Å²) in [6.45, 7) is 0.582. The maximum absolute atomic E-state index is 13.0. The van der Waals surface area contributed by atoms with Crippen LogP contribution in [0.5, 0.6) is 0 Å². The topological polar surface area (TPSA) is 92.9 Å². The Labute approximate surface area is 200 Å². The smallest absolute Gasteiger partial charge is 0.409 e. The first kappa shape index (κ1) is 21.5. The lowest BCUT2D eigenvalue weighted by Gasteiger charge is -2.19. The molecular formula is C26H23BrN2O4. The second-order valence-electron chi connectivity index (χ2n) is 8.54. The third kappa shape index (κ3) is 3.86. The lowest BCUT2D eigenvalue weighted by Crippen LogP contribution is -2.31. The number of benzene rings is 3. The number of rotatable bonds is 4. The Kier molecular flexibility index (Phi) is 5.58. The number of amides is 1. The molecule has 1 fully saturated rings. The number of hydrogen-bond acceptors (Lipinski definition) is 4. The molecule has 168 valence electrons. The van der Waals surface area contributed by atoms with E-state index in [1.165, 1.54) is 4.90 Å². The lowest BCUT2D eigenvalue weighted by molar-refractivity contribution is -0.141. The number of nitrogen functional groups attached to an aromatic ring is 1. The predicted octanol–water partition coefficient (Wildman–Crippen LogP) is 5.08. The average Bonchev–Trinajstić information content (AvgIpc) is 3.40. The van der Waals surface area contributed by atoms with E-state index in [0.717, 1.165) is 32.3 Å². The van der Waals surface area contributed by atoms with E-state index < -0.39 is 18.0 Å². The van der Waals surface area contributed by atoms with E-state index in [1.807, 2.05) is 30.3 Å². The molecule has 3 N–H and O–H groups in total. The van der Waals surface area contributed by atoms with Crippen molar-refractivity contribution in [2.45, 2.75) is 11.8 Å². The van der Waals surface area contributed by atoms with Gasteiger partial charge in [0, 0.05) is 35.1 Å². The van der Waals surface area contributed by atoms with Crippen molar-refractivity contribution in [3.63, 3.8) is 0 Å². The van der Waals surface area contributed by atoms with Crippen molar-refractivity contribution in [2.75, 3.05) is 25.4 Å². The molecule has 0 spiro atoms. The Hall–Kier alpha value is -3.32. The highest BCUT2D eigenvalue weighted by molar-refractivity contribution is 9.10. The quantitative estimate of drug-likeness (QED) is 0.481. The zero-order valence-corrected chi connectivity index (χ0v) is 19.4. The number of aliphatic carboxylic acids is 1. The monoisotopic (exact) mass is 506 g/mol. The van der Waals surface area contributed by atoms with Gasteiger partial charge in [0.2, 0.25) is 0 Å². The summed E-state index contributed by atoms with van der Waals surface area (Å²) in [5.41, 5.74) is 11.9. The number of nitrogens with zero attached hydrogens (tertiary/aromatic N) is 1. The van der Waals surface area contributed by atoms with Crippen molar-refractivity contribution < 1.29 is 19.4 Å². The van der Waals surface area contributed by atoms with Crippen LogP contribution in [0.4, 0.5) is 10.5 Å². The van der Waals surface area contributed by atoms with Gasteiger partial charge >= 0.3 is 12.1 Å². The van der Waals surface area contributed by atoms with Crippen molar-refractivity contribution >= 4 is 33.7 Å². The maximum Gasteiger partial charge on any atom is 0.409 e. The van der Waals surface area contributed by atoms with Gasteiger partial charge in [-0.3, -0.25) is 4.79 Å². The first-order valence-electron chi connectivity index (χ1n) is 10.8. The van der Waals surface area contributed by atoms with E-state index in [4.69, 9.17) is 10.5 Å². The van der Waals surface area contributed by atoms with Crippen LogP contribution >= 0.6 is 15.9 Å². The third-order valence-corrected chi connectivity index (χ3v) is 7.40. The molecule has 6 nitrogen and oxygen atoms in total. The number of anilines is 1. The number of fused-ring (bicyclic) bond motifs is 3. The van der Waals surface area contributed by atoms with Crippen LogP contribution in [-0.2, 0) is 9.53 Å². The molecule has 5 rings (SSSR count). The van der Waals surface area contributed by atoms with E-state index >= 15 is 0 Å². The van der Waals surface area contributed by atoms with E-state index in [0.29, 0.717) is 5.69 Å². The summed E-state index contributed by atoms with van der Waals surface area (Å²) in [6, 6.07) is 21.7. The van der Waals surface area contributed by atoms with Crippen LogP contribution in [0.25, 0.3) is 11.1 Å². The molecule has 0 aromatic heterocycles. The lowest BCUT2D eigenvalue weighted by atomic mass is 9.89. The third-order valence-electron chi connectivity index (χ3n) is 6.68. The minimum Gasteiger partial charge on any atom is -0.481 e. The fourth-order valence-corrected chi connectivity index (χ4v) is 5.27. The van der Waals surface area contributed by atoms with Gasteiger partial charge in [-0.2, -0.15) is 0 Å². The molecule has 2 atom stereocenters. The Morgan fingerprint density at radius 3 is 2.24 bits per heavy atom. The van der Waals surface area contributed by atoms with Crippen molar-refractivity contribution in [1.29, 1.82) is 0 Å². The van der Waals surface area contributed by atoms with Gasteiger partial charge in [-0.05, 0) is 55.9 Å². The largest absolute Gasteiger partial charge is 0.481 e. The first-order valence-corrected chi connectivity index (χ1v) is 11.6. The molecule has 2 aliphatic rings. The van der Waals surface area contributed by atoms with Crippen LogP contribution in [-0.4, -0.2) is 41.8 Å². The Morgan fingerprint density at radius 1 is 1.00 bits per heavy atom. The number of nitrogens with two attached hydrogens (primary N) is 1. The molecule has 0 bridgehead atoms. The SMILES string of the molecule is Nc1cc([C@@H]2CN(C(=O)OCC3c4ccccc4-c4ccccc43)C[C@H]2C(=O)O)ccc1Br. The maximum atomic E-state index is 13.0. The number of carboxylic acid groups (broad SMARTS) is 1. The predicted molar refractivity (Wildman–Crippen MR) is 129 cm³/mol. The van der Waals surface area contributed by atoms with Crippen molar-refractivity contribution in [3.05, 3.63) is 87.9 Å². The van der Waals surface area contributed by atoms with Gasteiger partial charge in [-0.25, -0.2) is 4.79 Å². The molecule has 0 radical (unpaired) electrons. The molecular weight excluding hydrogens is 484 g/mol. The van der Waals surface area contributed by atoms with Crippen molar-refractivity contribution in [2.24, 2.45) is 5.92 Å². The molecule has 1 saturated heterocycles. The van der Waals surface area contributed by atoms with Gasteiger partial charge in [0.15, 0.2) is 0 Å². The number of hydrogen-bond donors (Lipinski definition) is 2. The normalized spacial score (nSPS) is 19.2. The van der Waals surface area contributed by atoms with Crippen LogP contribution < -0.4 is 5.73 Å². The van der Waals surface area contributed by atoms with Crippen LogP contribution in [0, 0.1) is 5.92 Å². The number of ether oxygens (including phenoxy) is 1. The standard InChI is InChI=1S/C26H23BrN2O4/c27-23-10-9-15(11-24(23)28)20-12-29(13-21(20)25(30)31)26(32)33-14-22-18-7-3-1-5-16(18)17-6-2-4-8-19(17)22/h1-11,20-22H,12-14,28H2,(H,30,31)/t20-,21+/m0/s1. The fourth-order valence-electron chi connectivity index (χ4n) is 5.02. The first-order chi connectivity index (χ1) is 15.9. The van der Waals surface area contributed by atoms with Gasteiger partial charge in [0.25, 0.3) is 0 Å². The molecule has 0 unspecified atom stereocenters. The van der Waals surface area contributed by atoms with Crippen LogP contribution in [0.15, 0.2) is 71.2 Å². The number of carbonyl (C=O) groups excluding carboxylic acids is 1. The van der Waals surface area contributed by atoms with E-state index in [-0.39, 0.29) is 31.5 Å².